The first kappa shape index (κ1) is 16.4. The first-order chi connectivity index (χ1) is 12.8. The molecule has 0 aliphatic heterocycles. The third-order valence-electron chi connectivity index (χ3n) is 4.75. The van der Waals surface area contributed by atoms with Crippen LogP contribution in [-0.2, 0) is 19.3 Å². The summed E-state index contributed by atoms with van der Waals surface area (Å²) in [5, 5.41) is 6.99. The molecule has 0 saturated heterocycles. The number of benzene rings is 2. The number of nitrogens with zero attached hydrogens (tertiary/aromatic N) is 1. The summed E-state index contributed by atoms with van der Waals surface area (Å²) in [4.78, 5) is 12.5. The molecule has 1 aromatic heterocycles. The van der Waals surface area contributed by atoms with E-state index in [0.717, 1.165) is 41.7 Å². The number of amides is 1. The monoisotopic (exact) mass is 348 g/mol. The summed E-state index contributed by atoms with van der Waals surface area (Å²) in [6.07, 6.45) is 2.36. The molecule has 5 heteroatoms. The van der Waals surface area contributed by atoms with Crippen LogP contribution >= 0.6 is 0 Å². The number of methoxy groups -OCH3 is 1. The molecule has 4 rings (SSSR count). The summed E-state index contributed by atoms with van der Waals surface area (Å²) in [5.41, 5.74) is 4.62. The minimum Gasteiger partial charge on any atom is -0.497 e. The van der Waals surface area contributed by atoms with Crippen LogP contribution < -0.4 is 10.1 Å². The molecule has 1 amide bonds. The van der Waals surface area contributed by atoms with Gasteiger partial charge in [0.05, 0.1) is 7.11 Å². The molecule has 0 fully saturated rings. The van der Waals surface area contributed by atoms with Gasteiger partial charge in [0.1, 0.15) is 5.75 Å². The van der Waals surface area contributed by atoms with Gasteiger partial charge in [0.15, 0.2) is 11.5 Å². The van der Waals surface area contributed by atoms with Crippen LogP contribution in [0.1, 0.15) is 27.2 Å². The molecule has 1 heterocycles. The van der Waals surface area contributed by atoms with Crippen molar-refractivity contribution in [2.24, 2.45) is 0 Å². The van der Waals surface area contributed by atoms with Gasteiger partial charge in [0, 0.05) is 17.7 Å². The number of rotatable bonds is 5. The molecule has 26 heavy (non-hydrogen) atoms. The second-order valence-electron chi connectivity index (χ2n) is 6.35. The smallest absolute Gasteiger partial charge is 0.273 e. The van der Waals surface area contributed by atoms with Crippen molar-refractivity contribution in [1.82, 2.24) is 10.5 Å². The lowest BCUT2D eigenvalue weighted by Gasteiger charge is -2.15. The molecule has 132 valence electrons. The van der Waals surface area contributed by atoms with Crippen LogP contribution in [0.4, 0.5) is 0 Å². The number of hydrogen-bond acceptors (Lipinski definition) is 4. The molecule has 0 atom stereocenters. The zero-order valence-corrected chi connectivity index (χ0v) is 14.6. The third-order valence-corrected chi connectivity index (χ3v) is 4.75. The molecule has 0 spiro atoms. The average Bonchev–Trinajstić information content (AvgIpc) is 3.13. The van der Waals surface area contributed by atoms with Gasteiger partial charge in [-0.3, -0.25) is 4.79 Å². The second-order valence-corrected chi connectivity index (χ2v) is 6.35. The van der Waals surface area contributed by atoms with E-state index in [-0.39, 0.29) is 5.91 Å². The maximum atomic E-state index is 12.5. The van der Waals surface area contributed by atoms with E-state index in [1.165, 1.54) is 5.56 Å². The third kappa shape index (κ3) is 3.08. The number of carbonyl (C=O) groups excluding carboxylic acids is 1. The number of carbonyl (C=O) groups is 1. The van der Waals surface area contributed by atoms with Gasteiger partial charge in [0.25, 0.3) is 5.91 Å². The summed E-state index contributed by atoms with van der Waals surface area (Å²) in [5.74, 6) is 1.34. The van der Waals surface area contributed by atoms with E-state index in [0.29, 0.717) is 18.0 Å². The van der Waals surface area contributed by atoms with Crippen molar-refractivity contribution in [2.45, 2.75) is 19.3 Å². The molecular formula is C21H20N2O3. The maximum Gasteiger partial charge on any atom is 0.273 e. The molecule has 1 N–H and O–H groups in total. The molecule has 0 saturated carbocycles. The molecule has 0 unspecified atom stereocenters. The Morgan fingerprint density at radius 1 is 1.19 bits per heavy atom. The van der Waals surface area contributed by atoms with Gasteiger partial charge in [-0.15, -0.1) is 0 Å². The molecule has 3 aromatic rings. The minimum absolute atomic E-state index is 0.178. The Kier molecular flexibility index (Phi) is 4.44. The van der Waals surface area contributed by atoms with Crippen LogP contribution in [0.15, 0.2) is 53.1 Å². The van der Waals surface area contributed by atoms with E-state index in [4.69, 9.17) is 9.26 Å². The van der Waals surface area contributed by atoms with Gasteiger partial charge in [-0.1, -0.05) is 35.5 Å². The van der Waals surface area contributed by atoms with Crippen molar-refractivity contribution in [3.63, 3.8) is 0 Å². The van der Waals surface area contributed by atoms with Gasteiger partial charge < -0.3 is 14.6 Å². The fourth-order valence-electron chi connectivity index (χ4n) is 3.37. The zero-order valence-electron chi connectivity index (χ0n) is 14.6. The zero-order chi connectivity index (χ0) is 17.9. The number of aryl methyl sites for hydroxylation is 1. The van der Waals surface area contributed by atoms with E-state index in [1.54, 1.807) is 7.11 Å². The lowest BCUT2D eigenvalue weighted by molar-refractivity contribution is 0.0944. The van der Waals surface area contributed by atoms with Crippen molar-refractivity contribution in [2.75, 3.05) is 13.7 Å². The quantitative estimate of drug-likeness (QED) is 0.767. The summed E-state index contributed by atoms with van der Waals surface area (Å²) in [6.45, 7) is 0.568. The molecule has 1 aliphatic carbocycles. The number of hydrogen-bond donors (Lipinski definition) is 1. The Morgan fingerprint density at radius 2 is 2.04 bits per heavy atom. The topological polar surface area (TPSA) is 64.4 Å². The Bertz CT molecular complexity index is 932. The molecule has 5 nitrogen and oxygen atoms in total. The Hall–Kier alpha value is -3.08. The highest BCUT2D eigenvalue weighted by Gasteiger charge is 2.27. The largest absolute Gasteiger partial charge is 0.497 e. The summed E-state index contributed by atoms with van der Waals surface area (Å²) in [6, 6.07) is 16.0. The molecular weight excluding hydrogens is 328 g/mol. The van der Waals surface area contributed by atoms with Crippen LogP contribution in [0.25, 0.3) is 11.3 Å². The lowest BCUT2D eigenvalue weighted by atomic mass is 9.89. The number of aromatic nitrogens is 1. The molecule has 0 radical (unpaired) electrons. The van der Waals surface area contributed by atoms with Crippen LogP contribution in [0.2, 0.25) is 0 Å². The van der Waals surface area contributed by atoms with Crippen LogP contribution in [0, 0.1) is 0 Å². The van der Waals surface area contributed by atoms with Crippen molar-refractivity contribution < 1.29 is 14.1 Å². The number of ether oxygens (including phenoxy) is 1. The van der Waals surface area contributed by atoms with Crippen molar-refractivity contribution in [1.29, 1.82) is 0 Å². The van der Waals surface area contributed by atoms with Crippen LogP contribution in [0.3, 0.4) is 0 Å². The fourth-order valence-corrected chi connectivity index (χ4v) is 3.37. The molecule has 2 aromatic carbocycles. The first-order valence-corrected chi connectivity index (χ1v) is 8.74. The standard InChI is InChI=1S/C21H20N2O3/c1-25-16-8-10-17-15(13-16)7-9-18-19(23-26-20(17)18)21(24)22-12-11-14-5-3-2-4-6-14/h2-6,8,10,13H,7,9,11-12H2,1H3,(H,22,24). The summed E-state index contributed by atoms with van der Waals surface area (Å²) in [7, 11) is 1.66. The summed E-state index contributed by atoms with van der Waals surface area (Å²) >= 11 is 0. The first-order valence-electron chi connectivity index (χ1n) is 8.74. The predicted octanol–water partition coefficient (Wildman–Crippen LogP) is 3.42. The number of nitrogens with one attached hydrogen (secondary N) is 1. The Morgan fingerprint density at radius 3 is 2.85 bits per heavy atom. The lowest BCUT2D eigenvalue weighted by Crippen LogP contribution is -2.27. The van der Waals surface area contributed by atoms with Gasteiger partial charge in [-0.05, 0) is 48.6 Å². The van der Waals surface area contributed by atoms with E-state index in [2.05, 4.69) is 22.6 Å². The van der Waals surface area contributed by atoms with Gasteiger partial charge in [0.2, 0.25) is 0 Å². The van der Waals surface area contributed by atoms with Crippen molar-refractivity contribution >= 4 is 5.91 Å². The van der Waals surface area contributed by atoms with Gasteiger partial charge >= 0.3 is 0 Å². The average molecular weight is 348 g/mol. The second kappa shape index (κ2) is 7.04. The maximum absolute atomic E-state index is 12.5. The predicted molar refractivity (Wildman–Crippen MR) is 98.4 cm³/mol. The fraction of sp³-hybridized carbons (Fsp3) is 0.238. The summed E-state index contributed by atoms with van der Waals surface area (Å²) < 4.78 is 10.8. The normalized spacial score (nSPS) is 12.2. The van der Waals surface area contributed by atoms with Gasteiger partial charge in [-0.2, -0.15) is 0 Å². The minimum atomic E-state index is -0.178. The van der Waals surface area contributed by atoms with Crippen LogP contribution in [0.5, 0.6) is 5.75 Å². The number of fused-ring (bicyclic) bond motifs is 3. The Balaban J connectivity index is 1.49. The van der Waals surface area contributed by atoms with Crippen molar-refractivity contribution in [3.05, 3.63) is 70.9 Å². The van der Waals surface area contributed by atoms with Gasteiger partial charge in [-0.25, -0.2) is 0 Å². The molecule has 0 bridgehead atoms. The van der Waals surface area contributed by atoms with Crippen LogP contribution in [-0.4, -0.2) is 24.7 Å². The highest BCUT2D eigenvalue weighted by atomic mass is 16.5. The molecule has 1 aliphatic rings. The van der Waals surface area contributed by atoms with E-state index in [1.807, 2.05) is 36.4 Å². The van der Waals surface area contributed by atoms with E-state index in [9.17, 15) is 4.79 Å². The SMILES string of the molecule is COc1ccc2c(c1)CCc1c(C(=O)NCCc3ccccc3)noc1-2. The van der Waals surface area contributed by atoms with Crippen molar-refractivity contribution in [3.8, 4) is 17.1 Å². The highest BCUT2D eigenvalue weighted by molar-refractivity contribution is 5.95. The van der Waals surface area contributed by atoms with E-state index >= 15 is 0 Å². The van der Waals surface area contributed by atoms with E-state index < -0.39 is 0 Å². The highest BCUT2D eigenvalue weighted by Crippen LogP contribution is 2.36. The Labute approximate surface area is 152 Å².